The molecule has 3 aliphatic rings. The Bertz CT molecular complexity index is 1170. The Morgan fingerprint density at radius 2 is 2.14 bits per heavy atom. The Labute approximate surface area is 222 Å². The molecule has 3 heterocycles. The van der Waals surface area contributed by atoms with E-state index < -0.39 is 0 Å². The number of allylic oxidation sites excluding steroid dienone is 5. The third-order valence-electron chi connectivity index (χ3n) is 7.33. The molecule has 196 valence electrons. The van der Waals surface area contributed by atoms with Gasteiger partial charge in [0.25, 0.3) is 0 Å². The van der Waals surface area contributed by atoms with Crippen molar-refractivity contribution in [1.29, 1.82) is 0 Å². The van der Waals surface area contributed by atoms with E-state index in [1.165, 1.54) is 18.4 Å². The molecule has 1 saturated heterocycles. The minimum absolute atomic E-state index is 0.270. The Morgan fingerprint density at radius 3 is 2.89 bits per heavy atom. The van der Waals surface area contributed by atoms with Crippen molar-refractivity contribution in [3.8, 4) is 11.8 Å². The van der Waals surface area contributed by atoms with Gasteiger partial charge in [-0.15, -0.1) is 0 Å². The lowest BCUT2D eigenvalue weighted by molar-refractivity contribution is 0.323. The molecule has 0 radical (unpaired) electrons. The lowest BCUT2D eigenvalue weighted by Crippen LogP contribution is -2.38. The summed E-state index contributed by atoms with van der Waals surface area (Å²) in [6.45, 7) is 9.68. The molecule has 1 fully saturated rings. The molecule has 1 unspecified atom stereocenters. The van der Waals surface area contributed by atoms with Crippen LogP contribution in [0.15, 0.2) is 58.9 Å². The highest BCUT2D eigenvalue weighted by Crippen LogP contribution is 2.27. The fraction of sp³-hybridized carbons (Fsp3) is 0.467. The number of pyridine rings is 1. The number of piperidine rings is 1. The smallest absolute Gasteiger partial charge is 0.125 e. The molecule has 37 heavy (non-hydrogen) atoms. The van der Waals surface area contributed by atoms with Gasteiger partial charge < -0.3 is 21.8 Å². The highest BCUT2D eigenvalue weighted by atomic mass is 15.5. The summed E-state index contributed by atoms with van der Waals surface area (Å²) in [6.07, 6.45) is 16.2. The van der Waals surface area contributed by atoms with Gasteiger partial charge in [-0.05, 0) is 91.6 Å². The molecule has 0 aromatic carbocycles. The monoisotopic (exact) mass is 499 g/mol. The number of nitrogens with zero attached hydrogens (tertiary/aromatic N) is 3. The van der Waals surface area contributed by atoms with E-state index in [0.717, 1.165) is 72.3 Å². The Morgan fingerprint density at radius 1 is 1.32 bits per heavy atom. The molecular formula is C30H41N7. The Kier molecular flexibility index (Phi) is 9.08. The summed E-state index contributed by atoms with van der Waals surface area (Å²) >= 11 is 0. The van der Waals surface area contributed by atoms with Crippen LogP contribution in [0.2, 0.25) is 0 Å². The van der Waals surface area contributed by atoms with Crippen LogP contribution in [0.3, 0.4) is 0 Å². The molecule has 7 nitrogen and oxygen atoms in total. The maximum atomic E-state index is 5.99. The van der Waals surface area contributed by atoms with Crippen molar-refractivity contribution in [2.24, 2.45) is 22.6 Å². The molecule has 0 saturated carbocycles. The zero-order chi connectivity index (χ0) is 26.2. The zero-order valence-corrected chi connectivity index (χ0v) is 22.6. The number of rotatable bonds is 8. The third-order valence-corrected chi connectivity index (χ3v) is 7.33. The summed E-state index contributed by atoms with van der Waals surface area (Å²) < 4.78 is 0. The molecule has 0 spiro atoms. The van der Waals surface area contributed by atoms with E-state index in [9.17, 15) is 0 Å². The van der Waals surface area contributed by atoms with Crippen LogP contribution >= 0.6 is 0 Å². The van der Waals surface area contributed by atoms with Crippen LogP contribution in [-0.2, 0) is 0 Å². The normalized spacial score (nSPS) is 20.7. The molecule has 0 amide bonds. The van der Waals surface area contributed by atoms with Crippen molar-refractivity contribution in [3.05, 3.63) is 70.7 Å². The molecule has 7 heteroatoms. The van der Waals surface area contributed by atoms with Crippen molar-refractivity contribution in [2.75, 3.05) is 26.7 Å². The quantitative estimate of drug-likeness (QED) is 0.319. The molecule has 1 aliphatic carbocycles. The summed E-state index contributed by atoms with van der Waals surface area (Å²) in [5.74, 6) is 9.05. The van der Waals surface area contributed by atoms with Crippen molar-refractivity contribution in [2.45, 2.75) is 52.4 Å². The van der Waals surface area contributed by atoms with Crippen molar-refractivity contribution in [3.63, 3.8) is 0 Å². The van der Waals surface area contributed by atoms with Gasteiger partial charge in [0.05, 0.1) is 5.70 Å². The van der Waals surface area contributed by atoms with Crippen molar-refractivity contribution < 1.29 is 0 Å². The van der Waals surface area contributed by atoms with E-state index >= 15 is 0 Å². The second-order valence-electron chi connectivity index (χ2n) is 10.4. The average molecular weight is 500 g/mol. The number of hydrogen-bond donors (Lipinski definition) is 4. The van der Waals surface area contributed by atoms with Gasteiger partial charge in [0.2, 0.25) is 0 Å². The third kappa shape index (κ3) is 7.05. The second kappa shape index (κ2) is 12.6. The SMILES string of the molecule is CC(C)C1=CNN(C)C(NC2=CCC(C)c3cc(C(C=NCCC4CCNCC4)=CN)cnc3C#C2)=C1. The van der Waals surface area contributed by atoms with Crippen LogP contribution in [0.1, 0.15) is 69.2 Å². The van der Waals surface area contributed by atoms with Gasteiger partial charge in [0.1, 0.15) is 11.5 Å². The molecule has 4 rings (SSSR count). The van der Waals surface area contributed by atoms with Gasteiger partial charge >= 0.3 is 0 Å². The van der Waals surface area contributed by atoms with Crippen LogP contribution < -0.4 is 21.8 Å². The van der Waals surface area contributed by atoms with Gasteiger partial charge in [0, 0.05) is 49.5 Å². The molecule has 0 bridgehead atoms. The zero-order valence-electron chi connectivity index (χ0n) is 22.6. The fourth-order valence-electron chi connectivity index (χ4n) is 4.73. The molecule has 1 atom stereocenters. The van der Waals surface area contributed by atoms with Gasteiger partial charge in [-0.25, -0.2) is 4.98 Å². The topological polar surface area (TPSA) is 90.6 Å². The highest BCUT2D eigenvalue weighted by Gasteiger charge is 2.17. The van der Waals surface area contributed by atoms with Crippen LogP contribution in [0.5, 0.6) is 0 Å². The summed E-state index contributed by atoms with van der Waals surface area (Å²) in [7, 11) is 1.99. The highest BCUT2D eigenvalue weighted by molar-refractivity contribution is 6.09. The standard InChI is InChI=1S/C30H41N7/c1-21(2)24-16-30(37(4)35-20-24)36-27-6-5-22(3)28-15-25(19-34-29(28)8-7-27)26(17-31)18-33-14-11-23-9-12-32-13-10-23/h6,15-23,32,35-36H,5,9-14,31H2,1-4H3. The van der Waals surface area contributed by atoms with E-state index in [1.807, 2.05) is 30.7 Å². The maximum absolute atomic E-state index is 5.99. The van der Waals surface area contributed by atoms with E-state index in [-0.39, 0.29) is 5.92 Å². The van der Waals surface area contributed by atoms with E-state index in [1.54, 1.807) is 6.20 Å². The molecule has 5 N–H and O–H groups in total. The first-order valence-electron chi connectivity index (χ1n) is 13.5. The number of nitrogens with two attached hydrogens (primary N) is 1. The summed E-state index contributed by atoms with van der Waals surface area (Å²) in [5, 5.41) is 8.88. The number of aromatic nitrogens is 1. The second-order valence-corrected chi connectivity index (χ2v) is 10.4. The fourth-order valence-corrected chi connectivity index (χ4v) is 4.73. The number of hydrazine groups is 1. The van der Waals surface area contributed by atoms with Gasteiger partial charge in [0.15, 0.2) is 0 Å². The molecule has 2 aliphatic heterocycles. The van der Waals surface area contributed by atoms with Gasteiger partial charge in [-0.1, -0.05) is 26.8 Å². The number of aliphatic imine (C=N–C) groups is 1. The van der Waals surface area contributed by atoms with Crippen LogP contribution in [0.25, 0.3) is 5.57 Å². The molecule has 1 aromatic rings. The summed E-state index contributed by atoms with van der Waals surface area (Å²) in [4.78, 5) is 9.41. The van der Waals surface area contributed by atoms with Crippen molar-refractivity contribution >= 4 is 11.8 Å². The van der Waals surface area contributed by atoms with Crippen LogP contribution in [0.4, 0.5) is 0 Å². The average Bonchev–Trinajstić information content (AvgIpc) is 2.90. The van der Waals surface area contributed by atoms with Crippen LogP contribution in [-0.4, -0.2) is 42.9 Å². The summed E-state index contributed by atoms with van der Waals surface area (Å²) in [6, 6.07) is 2.17. The number of hydrogen-bond acceptors (Lipinski definition) is 7. The maximum Gasteiger partial charge on any atom is 0.125 e. The lowest BCUT2D eigenvalue weighted by atomic mass is 9.92. The first kappa shape index (κ1) is 26.6. The largest absolute Gasteiger partial charge is 0.404 e. The first-order valence-corrected chi connectivity index (χ1v) is 13.5. The first-order chi connectivity index (χ1) is 17.9. The minimum atomic E-state index is 0.270. The Hall–Kier alpha value is -3.50. The molecule has 1 aromatic heterocycles. The van der Waals surface area contributed by atoms with E-state index in [4.69, 9.17) is 10.7 Å². The van der Waals surface area contributed by atoms with E-state index in [0.29, 0.717) is 5.92 Å². The molecular weight excluding hydrogens is 458 g/mol. The van der Waals surface area contributed by atoms with Gasteiger partial charge in [-0.3, -0.25) is 10.0 Å². The Balaban J connectivity index is 1.46. The summed E-state index contributed by atoms with van der Waals surface area (Å²) in [5.41, 5.74) is 15.2. The van der Waals surface area contributed by atoms with Gasteiger partial charge in [-0.2, -0.15) is 0 Å². The minimum Gasteiger partial charge on any atom is -0.404 e. The van der Waals surface area contributed by atoms with Crippen molar-refractivity contribution in [1.82, 2.24) is 26.1 Å². The predicted octanol–water partition coefficient (Wildman–Crippen LogP) is 4.01. The number of fused-ring (bicyclic) bond motifs is 1. The lowest BCUT2D eigenvalue weighted by Gasteiger charge is -2.29. The van der Waals surface area contributed by atoms with Crippen LogP contribution in [0, 0.1) is 23.7 Å². The predicted molar refractivity (Wildman–Crippen MR) is 153 cm³/mol. The van der Waals surface area contributed by atoms with E-state index in [2.05, 4.69) is 71.9 Å². The number of nitrogens with one attached hydrogen (secondary N) is 3.